The fourth-order valence-corrected chi connectivity index (χ4v) is 3.58. The van der Waals surface area contributed by atoms with Crippen molar-refractivity contribution < 1.29 is 52.2 Å². The van der Waals surface area contributed by atoms with Crippen LogP contribution in [0, 0.1) is 0 Å². The lowest BCUT2D eigenvalue weighted by molar-refractivity contribution is -0.0269. The lowest BCUT2D eigenvalue weighted by Crippen LogP contribution is -2.33. The Bertz CT molecular complexity index is 789. The van der Waals surface area contributed by atoms with Gasteiger partial charge in [-0.1, -0.05) is 12.1 Å². The van der Waals surface area contributed by atoms with E-state index in [-0.39, 0.29) is 31.1 Å². The van der Waals surface area contributed by atoms with E-state index in [1.54, 1.807) is 24.3 Å². The van der Waals surface area contributed by atoms with Gasteiger partial charge in [-0.3, -0.25) is 14.5 Å². The van der Waals surface area contributed by atoms with Crippen LogP contribution in [0.15, 0.2) is 24.3 Å². The first-order chi connectivity index (χ1) is 20.1. The second kappa shape index (κ2) is 23.6. The molecule has 0 saturated heterocycles. The lowest BCUT2D eigenvalue weighted by atomic mass is 10.1. The molecule has 2 amide bonds. The molecular formula is C29H47NO11. The molecule has 0 fully saturated rings. The largest absolute Gasteiger partial charge is 0.377 e. The zero-order valence-electron chi connectivity index (χ0n) is 24.6. The molecule has 1 aliphatic heterocycles. The van der Waals surface area contributed by atoms with Crippen LogP contribution in [0.2, 0.25) is 0 Å². The van der Waals surface area contributed by atoms with E-state index in [9.17, 15) is 9.59 Å². The molecule has 0 aliphatic carbocycles. The van der Waals surface area contributed by atoms with E-state index in [0.717, 1.165) is 0 Å². The molecule has 1 aromatic carbocycles. The van der Waals surface area contributed by atoms with E-state index in [1.165, 1.54) is 4.90 Å². The molecule has 12 heteroatoms. The zero-order chi connectivity index (χ0) is 29.4. The Labute approximate surface area is 243 Å². The van der Waals surface area contributed by atoms with Crippen molar-refractivity contribution in [1.29, 1.82) is 0 Å². The maximum Gasteiger partial charge on any atom is 0.261 e. The molecule has 12 nitrogen and oxygen atoms in total. The summed E-state index contributed by atoms with van der Waals surface area (Å²) in [5.74, 6) is -0.549. The van der Waals surface area contributed by atoms with Gasteiger partial charge in [-0.2, -0.15) is 0 Å². The van der Waals surface area contributed by atoms with E-state index >= 15 is 0 Å². The third kappa shape index (κ3) is 16.3. The molecule has 0 aromatic heterocycles. The maximum atomic E-state index is 12.3. The van der Waals surface area contributed by atoms with Gasteiger partial charge in [0.1, 0.15) is 0 Å². The van der Waals surface area contributed by atoms with Crippen LogP contribution < -0.4 is 0 Å². The van der Waals surface area contributed by atoms with Gasteiger partial charge < -0.3 is 42.6 Å². The predicted octanol–water partition coefficient (Wildman–Crippen LogP) is 1.84. The molecule has 0 saturated carbocycles. The van der Waals surface area contributed by atoms with Gasteiger partial charge in [-0.15, -0.1) is 0 Å². The molecule has 1 aliphatic rings. The van der Waals surface area contributed by atoms with Crippen LogP contribution in [0.4, 0.5) is 0 Å². The number of carbonyl (C=O) groups excluding carboxylic acids is 2. The Hall–Kier alpha value is -2.00. The number of amides is 2. The monoisotopic (exact) mass is 585 g/mol. The van der Waals surface area contributed by atoms with Gasteiger partial charge in [0.15, 0.2) is 0 Å². The van der Waals surface area contributed by atoms with Crippen LogP contribution >= 0.6 is 0 Å². The van der Waals surface area contributed by atoms with Crippen LogP contribution in [0.25, 0.3) is 0 Å². The Morgan fingerprint density at radius 2 is 0.780 bits per heavy atom. The minimum absolute atomic E-state index is 0.219. The number of rotatable bonds is 28. The van der Waals surface area contributed by atoms with Crippen LogP contribution in [-0.4, -0.2) is 142 Å². The first kappa shape index (κ1) is 35.2. The maximum absolute atomic E-state index is 12.3. The van der Waals surface area contributed by atoms with E-state index in [4.69, 9.17) is 42.6 Å². The quantitative estimate of drug-likeness (QED) is 0.106. The molecule has 0 spiro atoms. The third-order valence-corrected chi connectivity index (χ3v) is 5.62. The highest BCUT2D eigenvalue weighted by molar-refractivity contribution is 6.21. The summed E-state index contributed by atoms with van der Waals surface area (Å²) in [7, 11) is 0. The minimum atomic E-state index is -0.275. The third-order valence-electron chi connectivity index (χ3n) is 5.62. The Kier molecular flexibility index (Phi) is 20.2. The number of carbonyl (C=O) groups is 2. The summed E-state index contributed by atoms with van der Waals surface area (Å²) in [6.45, 7) is 12.4. The summed E-state index contributed by atoms with van der Waals surface area (Å²) >= 11 is 0. The number of fused-ring (bicyclic) bond motifs is 1. The average molecular weight is 586 g/mol. The van der Waals surface area contributed by atoms with Crippen molar-refractivity contribution in [3.63, 3.8) is 0 Å². The van der Waals surface area contributed by atoms with Crippen molar-refractivity contribution in [2.24, 2.45) is 0 Å². The summed E-state index contributed by atoms with van der Waals surface area (Å²) in [6, 6.07) is 6.82. The fourth-order valence-electron chi connectivity index (χ4n) is 3.58. The fraction of sp³-hybridized carbons (Fsp3) is 0.724. The van der Waals surface area contributed by atoms with Crippen LogP contribution in [0.1, 0.15) is 34.6 Å². The van der Waals surface area contributed by atoms with Crippen molar-refractivity contribution in [1.82, 2.24) is 4.90 Å². The van der Waals surface area contributed by atoms with Gasteiger partial charge in [0.05, 0.1) is 136 Å². The standard InChI is InChI=1S/C29H47NO11/c1-25(2)41-24-23-40-22-21-39-20-19-38-18-17-37-16-15-36-14-13-35-12-11-34-10-9-33-8-7-30-28(31)26-5-3-4-6-27(26)29(30)32/h3-6,25H,7-24H2,1-2H3. The summed E-state index contributed by atoms with van der Waals surface area (Å²) in [6.07, 6.45) is 0.225. The SMILES string of the molecule is CC(C)OCCOCCOCCOCCOCCOCCOCCOCCOCCN1C(=O)c2ccccc2C1=O. The zero-order valence-corrected chi connectivity index (χ0v) is 24.6. The second-order valence-electron chi connectivity index (χ2n) is 9.13. The lowest BCUT2D eigenvalue weighted by Gasteiger charge is -2.13. The van der Waals surface area contributed by atoms with Gasteiger partial charge in [0.25, 0.3) is 11.8 Å². The number of hydrogen-bond donors (Lipinski definition) is 0. The van der Waals surface area contributed by atoms with E-state index in [1.807, 2.05) is 13.8 Å². The van der Waals surface area contributed by atoms with Gasteiger partial charge in [-0.25, -0.2) is 0 Å². The molecule has 41 heavy (non-hydrogen) atoms. The van der Waals surface area contributed by atoms with Gasteiger partial charge in [0, 0.05) is 0 Å². The number of benzene rings is 1. The Morgan fingerprint density at radius 1 is 0.488 bits per heavy atom. The summed E-state index contributed by atoms with van der Waals surface area (Å²) < 4.78 is 49.0. The highest BCUT2D eigenvalue weighted by Gasteiger charge is 2.34. The topological polar surface area (TPSA) is 120 Å². The molecule has 0 bridgehead atoms. The smallest absolute Gasteiger partial charge is 0.261 e. The Balaban J connectivity index is 1.22. The molecule has 234 valence electrons. The van der Waals surface area contributed by atoms with Crippen LogP contribution in [0.3, 0.4) is 0 Å². The normalized spacial score (nSPS) is 13.1. The van der Waals surface area contributed by atoms with Crippen molar-refractivity contribution in [3.8, 4) is 0 Å². The molecule has 1 aromatic rings. The average Bonchev–Trinajstić information content (AvgIpc) is 3.21. The Morgan fingerprint density at radius 3 is 1.10 bits per heavy atom. The van der Waals surface area contributed by atoms with Gasteiger partial charge in [-0.05, 0) is 26.0 Å². The van der Waals surface area contributed by atoms with Crippen LogP contribution in [-0.2, 0) is 42.6 Å². The molecule has 0 atom stereocenters. The van der Waals surface area contributed by atoms with Gasteiger partial charge in [0.2, 0.25) is 0 Å². The van der Waals surface area contributed by atoms with Gasteiger partial charge >= 0.3 is 0 Å². The first-order valence-electron chi connectivity index (χ1n) is 14.3. The molecule has 0 N–H and O–H groups in total. The number of ether oxygens (including phenoxy) is 9. The first-order valence-corrected chi connectivity index (χ1v) is 14.3. The van der Waals surface area contributed by atoms with Crippen LogP contribution in [0.5, 0.6) is 0 Å². The highest BCUT2D eigenvalue weighted by atomic mass is 16.6. The summed E-state index contributed by atoms with van der Waals surface area (Å²) in [5, 5.41) is 0. The van der Waals surface area contributed by atoms with E-state index in [0.29, 0.717) is 117 Å². The van der Waals surface area contributed by atoms with Crippen molar-refractivity contribution in [2.45, 2.75) is 20.0 Å². The van der Waals surface area contributed by atoms with Crippen molar-refractivity contribution >= 4 is 11.8 Å². The molecule has 0 unspecified atom stereocenters. The summed E-state index contributed by atoms with van der Waals surface area (Å²) in [4.78, 5) is 25.8. The van der Waals surface area contributed by atoms with Crippen molar-refractivity contribution in [3.05, 3.63) is 35.4 Å². The number of imide groups is 1. The van der Waals surface area contributed by atoms with E-state index in [2.05, 4.69) is 0 Å². The highest BCUT2D eigenvalue weighted by Crippen LogP contribution is 2.21. The molecule has 1 heterocycles. The molecule has 2 rings (SSSR count). The minimum Gasteiger partial charge on any atom is -0.377 e. The van der Waals surface area contributed by atoms with E-state index < -0.39 is 0 Å². The molecular weight excluding hydrogens is 538 g/mol. The van der Waals surface area contributed by atoms with Crippen molar-refractivity contribution in [2.75, 3.05) is 119 Å². The summed E-state index contributed by atoms with van der Waals surface area (Å²) in [5.41, 5.74) is 0.890. The molecule has 0 radical (unpaired) electrons. The predicted molar refractivity (Wildman–Crippen MR) is 149 cm³/mol. The number of nitrogens with zero attached hydrogens (tertiary/aromatic N) is 1. The number of hydrogen-bond acceptors (Lipinski definition) is 11. The second-order valence-corrected chi connectivity index (χ2v) is 9.13.